The van der Waals surface area contributed by atoms with Crippen LogP contribution in [-0.4, -0.2) is 32.9 Å². The Balaban J connectivity index is 1.54. The molecule has 1 N–H and O–H groups in total. The molecule has 0 heterocycles. The van der Waals surface area contributed by atoms with Crippen molar-refractivity contribution in [2.75, 3.05) is 12.4 Å². The summed E-state index contributed by atoms with van der Waals surface area (Å²) in [5.41, 5.74) is 0. The van der Waals surface area contributed by atoms with Gasteiger partial charge in [-0.15, -0.1) is 0 Å². The lowest BCUT2D eigenvalue weighted by molar-refractivity contribution is 0.0910. The molecule has 3 rings (SSSR count). The van der Waals surface area contributed by atoms with E-state index in [9.17, 15) is 8.42 Å². The van der Waals surface area contributed by atoms with E-state index < -0.39 is 10.0 Å². The number of hydrogen-bond acceptors (Lipinski definition) is 3. The number of nitrogens with one attached hydrogen (secondary N) is 1. The minimum atomic E-state index is -3.19. The molecule has 3 aliphatic rings. The lowest BCUT2D eigenvalue weighted by Crippen LogP contribution is -2.43. The Kier molecular flexibility index (Phi) is 4.13. The molecule has 0 aliphatic heterocycles. The van der Waals surface area contributed by atoms with Crippen LogP contribution in [0.15, 0.2) is 0 Å². The van der Waals surface area contributed by atoms with Crippen molar-refractivity contribution in [1.82, 2.24) is 4.72 Å². The lowest BCUT2D eigenvalue weighted by Gasteiger charge is -2.31. The molecule has 0 amide bonds. The van der Waals surface area contributed by atoms with Crippen LogP contribution in [0.3, 0.4) is 0 Å². The molecule has 0 spiro atoms. The zero-order chi connectivity index (χ0) is 14.3. The molecule has 3 saturated carbocycles. The second-order valence-corrected chi connectivity index (χ2v) is 8.99. The van der Waals surface area contributed by atoms with Crippen LogP contribution in [0.5, 0.6) is 0 Å². The zero-order valence-electron chi connectivity index (χ0n) is 12.5. The second-order valence-electron chi connectivity index (χ2n) is 7.12. The van der Waals surface area contributed by atoms with Gasteiger partial charge < -0.3 is 4.74 Å². The molecule has 20 heavy (non-hydrogen) atoms. The minimum Gasteiger partial charge on any atom is -0.378 e. The maximum Gasteiger partial charge on any atom is 0.214 e. The molecule has 0 aromatic rings. The van der Waals surface area contributed by atoms with Gasteiger partial charge in [0.15, 0.2) is 0 Å². The van der Waals surface area contributed by atoms with Crippen molar-refractivity contribution in [3.8, 4) is 0 Å². The van der Waals surface area contributed by atoms with Crippen molar-refractivity contribution in [3.05, 3.63) is 0 Å². The standard InChI is InChI=1S/C15H27NO3S/c1-10(2)19-6-7-20(17,18)16-15-9-11-8-14(15)13-5-3-4-12(11)13/h10-16H,3-9H2,1-2H3. The van der Waals surface area contributed by atoms with E-state index in [1.807, 2.05) is 13.8 Å². The second kappa shape index (κ2) is 5.58. The highest BCUT2D eigenvalue weighted by molar-refractivity contribution is 7.89. The molecule has 0 saturated heterocycles. The average molecular weight is 301 g/mol. The molecule has 4 nitrogen and oxygen atoms in total. The van der Waals surface area contributed by atoms with E-state index in [0.717, 1.165) is 24.2 Å². The van der Waals surface area contributed by atoms with Crippen molar-refractivity contribution in [2.45, 2.75) is 58.1 Å². The van der Waals surface area contributed by atoms with Crippen LogP contribution in [0.25, 0.3) is 0 Å². The van der Waals surface area contributed by atoms with Crippen molar-refractivity contribution < 1.29 is 13.2 Å². The first-order valence-electron chi connectivity index (χ1n) is 8.08. The summed E-state index contributed by atoms with van der Waals surface area (Å²) in [4.78, 5) is 0. The van der Waals surface area contributed by atoms with Gasteiger partial charge in [-0.1, -0.05) is 6.42 Å². The summed E-state index contributed by atoms with van der Waals surface area (Å²) >= 11 is 0. The highest BCUT2D eigenvalue weighted by Crippen LogP contribution is 2.58. The van der Waals surface area contributed by atoms with Crippen LogP contribution in [0.2, 0.25) is 0 Å². The van der Waals surface area contributed by atoms with Gasteiger partial charge in [0.05, 0.1) is 18.5 Å². The lowest BCUT2D eigenvalue weighted by atomic mass is 9.79. The molecular formula is C15H27NO3S. The van der Waals surface area contributed by atoms with Crippen molar-refractivity contribution >= 4 is 10.0 Å². The fourth-order valence-corrected chi connectivity index (χ4v) is 6.05. The van der Waals surface area contributed by atoms with E-state index in [1.165, 1.54) is 25.7 Å². The van der Waals surface area contributed by atoms with Gasteiger partial charge in [-0.05, 0) is 63.2 Å². The summed E-state index contributed by atoms with van der Waals surface area (Å²) in [6, 6.07) is 0.198. The average Bonchev–Trinajstić information content (AvgIpc) is 2.97. The molecule has 116 valence electrons. The van der Waals surface area contributed by atoms with Crippen LogP contribution in [0.4, 0.5) is 0 Å². The summed E-state index contributed by atoms with van der Waals surface area (Å²) in [5.74, 6) is 3.19. The summed E-state index contributed by atoms with van der Waals surface area (Å²) < 4.78 is 32.6. The smallest absolute Gasteiger partial charge is 0.214 e. The molecule has 0 radical (unpaired) electrons. The largest absolute Gasteiger partial charge is 0.378 e. The Labute approximate surface area is 122 Å². The molecule has 5 atom stereocenters. The van der Waals surface area contributed by atoms with E-state index in [2.05, 4.69) is 4.72 Å². The van der Waals surface area contributed by atoms with Gasteiger partial charge in [0.25, 0.3) is 0 Å². The van der Waals surface area contributed by atoms with E-state index in [-0.39, 0.29) is 17.9 Å². The summed E-state index contributed by atoms with van der Waals surface area (Å²) in [5, 5.41) is 0. The van der Waals surface area contributed by atoms with Crippen molar-refractivity contribution in [2.24, 2.45) is 23.7 Å². The highest BCUT2D eigenvalue weighted by Gasteiger charge is 2.54. The quantitative estimate of drug-likeness (QED) is 0.818. The number of fused-ring (bicyclic) bond motifs is 5. The van der Waals surface area contributed by atoms with Crippen molar-refractivity contribution in [1.29, 1.82) is 0 Å². The van der Waals surface area contributed by atoms with E-state index in [1.54, 1.807) is 0 Å². The van der Waals surface area contributed by atoms with Gasteiger partial charge in [0, 0.05) is 6.04 Å². The first-order valence-corrected chi connectivity index (χ1v) is 9.73. The zero-order valence-corrected chi connectivity index (χ0v) is 13.4. The van der Waals surface area contributed by atoms with Gasteiger partial charge >= 0.3 is 0 Å². The third-order valence-corrected chi connectivity index (χ3v) is 6.93. The molecule has 3 aliphatic carbocycles. The summed E-state index contributed by atoms with van der Waals surface area (Å²) in [6.45, 7) is 4.15. The number of rotatable bonds is 6. The molecule has 2 bridgehead atoms. The van der Waals surface area contributed by atoms with Gasteiger partial charge in [-0.3, -0.25) is 0 Å². The molecule has 5 heteroatoms. The van der Waals surface area contributed by atoms with Gasteiger partial charge in [0.1, 0.15) is 0 Å². The first-order chi connectivity index (χ1) is 9.46. The van der Waals surface area contributed by atoms with E-state index >= 15 is 0 Å². The Bertz CT molecular complexity index is 448. The van der Waals surface area contributed by atoms with Crippen LogP contribution < -0.4 is 4.72 Å². The van der Waals surface area contributed by atoms with Crippen LogP contribution in [0.1, 0.15) is 46.0 Å². The topological polar surface area (TPSA) is 55.4 Å². The fourth-order valence-electron chi connectivity index (χ4n) is 4.89. The summed E-state index contributed by atoms with van der Waals surface area (Å²) in [6.07, 6.45) is 6.46. The normalized spacial score (nSPS) is 39.6. The number of ether oxygens (including phenoxy) is 1. The number of hydrogen-bond donors (Lipinski definition) is 1. The molecule has 0 aromatic carbocycles. The Morgan fingerprint density at radius 3 is 2.65 bits per heavy atom. The maximum atomic E-state index is 12.1. The predicted molar refractivity (Wildman–Crippen MR) is 78.8 cm³/mol. The highest BCUT2D eigenvalue weighted by atomic mass is 32.2. The SMILES string of the molecule is CC(C)OCCS(=O)(=O)NC1CC2CC1C1CCCC21. The van der Waals surface area contributed by atoms with Crippen LogP contribution >= 0.6 is 0 Å². The third kappa shape index (κ3) is 2.90. The molecule has 5 unspecified atom stereocenters. The fraction of sp³-hybridized carbons (Fsp3) is 1.00. The Morgan fingerprint density at radius 2 is 1.90 bits per heavy atom. The Morgan fingerprint density at radius 1 is 1.15 bits per heavy atom. The number of sulfonamides is 1. The van der Waals surface area contributed by atoms with Gasteiger partial charge in [-0.2, -0.15) is 0 Å². The maximum absolute atomic E-state index is 12.1. The van der Waals surface area contributed by atoms with Crippen LogP contribution in [-0.2, 0) is 14.8 Å². The predicted octanol–water partition coefficient (Wildman–Crippen LogP) is 2.16. The monoisotopic (exact) mass is 301 g/mol. The molecule has 3 fully saturated rings. The summed E-state index contributed by atoms with van der Waals surface area (Å²) in [7, 11) is -3.19. The van der Waals surface area contributed by atoms with Gasteiger partial charge in [0.2, 0.25) is 10.0 Å². The minimum absolute atomic E-state index is 0.0898. The molecular weight excluding hydrogens is 274 g/mol. The Hall–Kier alpha value is -0.130. The van der Waals surface area contributed by atoms with Crippen LogP contribution in [0, 0.1) is 23.7 Å². The van der Waals surface area contributed by atoms with Gasteiger partial charge in [-0.25, -0.2) is 13.1 Å². The van der Waals surface area contributed by atoms with E-state index in [4.69, 9.17) is 4.74 Å². The molecule has 0 aromatic heterocycles. The van der Waals surface area contributed by atoms with Crippen molar-refractivity contribution in [3.63, 3.8) is 0 Å². The first kappa shape index (κ1) is 14.8. The third-order valence-electron chi connectivity index (χ3n) is 5.56. The van der Waals surface area contributed by atoms with E-state index in [0.29, 0.717) is 12.5 Å².